The summed E-state index contributed by atoms with van der Waals surface area (Å²) >= 11 is 0. The summed E-state index contributed by atoms with van der Waals surface area (Å²) < 4.78 is 5.32. The van der Waals surface area contributed by atoms with E-state index >= 15 is 0 Å². The van der Waals surface area contributed by atoms with Crippen LogP contribution in [0.3, 0.4) is 0 Å². The summed E-state index contributed by atoms with van der Waals surface area (Å²) in [6.07, 6.45) is 2.90. The largest absolute Gasteiger partial charge is 0.444 e. The molecule has 25 heavy (non-hydrogen) atoms. The van der Waals surface area contributed by atoms with E-state index in [0.717, 1.165) is 32.4 Å². The van der Waals surface area contributed by atoms with E-state index in [2.05, 4.69) is 41.4 Å². The molecule has 5 nitrogen and oxygen atoms in total. The summed E-state index contributed by atoms with van der Waals surface area (Å²) in [6.45, 7) is 9.57. The molecular formula is C20H31N3O2. The number of rotatable bonds is 5. The van der Waals surface area contributed by atoms with E-state index in [1.54, 1.807) is 0 Å². The molecule has 1 aliphatic heterocycles. The van der Waals surface area contributed by atoms with Crippen molar-refractivity contribution in [1.82, 2.24) is 10.2 Å². The number of carbonyl (C=O) groups excluding carboxylic acids is 1. The molecule has 138 valence electrons. The van der Waals surface area contributed by atoms with Crippen molar-refractivity contribution in [3.05, 3.63) is 35.4 Å². The predicted octanol–water partition coefficient (Wildman–Crippen LogP) is 3.29. The smallest absolute Gasteiger partial charge is 0.407 e. The van der Waals surface area contributed by atoms with Crippen LogP contribution in [0.4, 0.5) is 4.79 Å². The fraction of sp³-hybridized carbons (Fsp3) is 0.650. The number of amides is 1. The van der Waals surface area contributed by atoms with E-state index in [1.807, 2.05) is 20.8 Å². The van der Waals surface area contributed by atoms with E-state index in [0.29, 0.717) is 6.04 Å². The Hall–Kier alpha value is -1.59. The Kier molecular flexibility index (Phi) is 4.82. The first kappa shape index (κ1) is 18.2. The van der Waals surface area contributed by atoms with Crippen LogP contribution in [-0.2, 0) is 10.3 Å². The Balaban J connectivity index is 1.52. The van der Waals surface area contributed by atoms with Crippen LogP contribution in [0.15, 0.2) is 24.3 Å². The molecule has 2 fully saturated rings. The van der Waals surface area contributed by atoms with Crippen molar-refractivity contribution in [2.75, 3.05) is 13.1 Å². The molecule has 0 spiro atoms. The first-order valence-corrected chi connectivity index (χ1v) is 9.33. The first-order chi connectivity index (χ1) is 11.7. The second-order valence-corrected chi connectivity index (χ2v) is 8.50. The van der Waals surface area contributed by atoms with Gasteiger partial charge in [0, 0.05) is 24.7 Å². The average molecular weight is 345 g/mol. The van der Waals surface area contributed by atoms with Crippen LogP contribution in [0.2, 0.25) is 0 Å². The third-order valence-electron chi connectivity index (χ3n) is 5.12. The molecule has 1 aliphatic carbocycles. The summed E-state index contributed by atoms with van der Waals surface area (Å²) in [6, 6.07) is 9.35. The number of ether oxygens (including phenoxy) is 1. The standard InChI is InChI=1S/C20H31N3O2/c1-5-17(14-6-8-15(9-7-14)20(21)10-11-20)23-12-16(13-23)22-18(24)25-19(2,3)4/h6-9,16-17H,5,10-13,21H2,1-4H3,(H,22,24). The molecule has 3 rings (SSSR count). The van der Waals surface area contributed by atoms with Crippen molar-refractivity contribution in [1.29, 1.82) is 0 Å². The normalized spacial score (nSPS) is 21.3. The van der Waals surface area contributed by atoms with Gasteiger partial charge >= 0.3 is 6.09 Å². The highest BCUT2D eigenvalue weighted by Crippen LogP contribution is 2.43. The van der Waals surface area contributed by atoms with Gasteiger partial charge in [0.25, 0.3) is 0 Å². The van der Waals surface area contributed by atoms with E-state index in [-0.39, 0.29) is 17.7 Å². The van der Waals surface area contributed by atoms with E-state index in [1.165, 1.54) is 11.1 Å². The molecule has 2 aliphatic rings. The van der Waals surface area contributed by atoms with Gasteiger partial charge < -0.3 is 15.8 Å². The second kappa shape index (κ2) is 6.61. The lowest BCUT2D eigenvalue weighted by molar-refractivity contribution is 0.0313. The number of nitrogens with one attached hydrogen (secondary N) is 1. The van der Waals surface area contributed by atoms with Crippen LogP contribution in [0.5, 0.6) is 0 Å². The molecular weight excluding hydrogens is 314 g/mol. The summed E-state index contributed by atoms with van der Waals surface area (Å²) in [5.41, 5.74) is 8.32. The number of carbonyl (C=O) groups is 1. The van der Waals surface area contributed by atoms with Crippen molar-refractivity contribution in [2.24, 2.45) is 5.73 Å². The summed E-state index contributed by atoms with van der Waals surface area (Å²) in [5.74, 6) is 0. The fourth-order valence-electron chi connectivity index (χ4n) is 3.50. The van der Waals surface area contributed by atoms with Crippen LogP contribution in [0, 0.1) is 0 Å². The van der Waals surface area contributed by atoms with Gasteiger partial charge in [-0.2, -0.15) is 0 Å². The molecule has 1 heterocycles. The number of nitrogens with two attached hydrogens (primary N) is 1. The molecule has 1 unspecified atom stereocenters. The quantitative estimate of drug-likeness (QED) is 0.859. The number of alkyl carbamates (subject to hydrolysis) is 1. The van der Waals surface area contributed by atoms with Crippen molar-refractivity contribution in [3.63, 3.8) is 0 Å². The van der Waals surface area contributed by atoms with Gasteiger partial charge in [0.05, 0.1) is 6.04 Å². The van der Waals surface area contributed by atoms with Crippen LogP contribution in [0.1, 0.15) is 64.1 Å². The molecule has 0 bridgehead atoms. The van der Waals surface area contributed by atoms with Gasteiger partial charge in [0.15, 0.2) is 0 Å². The fourth-order valence-corrected chi connectivity index (χ4v) is 3.50. The summed E-state index contributed by atoms with van der Waals surface area (Å²) in [7, 11) is 0. The third-order valence-corrected chi connectivity index (χ3v) is 5.12. The number of nitrogens with zero attached hydrogens (tertiary/aromatic N) is 1. The van der Waals surface area contributed by atoms with E-state index in [9.17, 15) is 4.79 Å². The number of hydrogen-bond donors (Lipinski definition) is 2. The zero-order chi connectivity index (χ0) is 18.2. The van der Waals surface area contributed by atoms with Gasteiger partial charge in [-0.05, 0) is 51.2 Å². The lowest BCUT2D eigenvalue weighted by Gasteiger charge is -2.44. The Morgan fingerprint density at radius 2 is 1.92 bits per heavy atom. The van der Waals surface area contributed by atoms with Gasteiger partial charge in [-0.25, -0.2) is 4.79 Å². The molecule has 0 aromatic heterocycles. The van der Waals surface area contributed by atoms with Gasteiger partial charge in [-0.3, -0.25) is 4.90 Å². The van der Waals surface area contributed by atoms with Gasteiger partial charge in [-0.15, -0.1) is 0 Å². The van der Waals surface area contributed by atoms with Crippen LogP contribution in [0.25, 0.3) is 0 Å². The Bertz CT molecular complexity index is 611. The highest BCUT2D eigenvalue weighted by molar-refractivity contribution is 5.68. The minimum absolute atomic E-state index is 0.0700. The molecule has 1 saturated carbocycles. The summed E-state index contributed by atoms with van der Waals surface area (Å²) in [5, 5.41) is 2.95. The molecule has 1 atom stereocenters. The topological polar surface area (TPSA) is 67.6 Å². The molecule has 1 aromatic rings. The number of likely N-dealkylation sites (tertiary alicyclic amines) is 1. The monoisotopic (exact) mass is 345 g/mol. The summed E-state index contributed by atoms with van der Waals surface area (Å²) in [4.78, 5) is 14.3. The van der Waals surface area contributed by atoms with Crippen molar-refractivity contribution in [2.45, 2.75) is 70.2 Å². The zero-order valence-corrected chi connectivity index (χ0v) is 15.8. The maximum atomic E-state index is 11.9. The van der Waals surface area contributed by atoms with Crippen molar-refractivity contribution < 1.29 is 9.53 Å². The number of hydrogen-bond acceptors (Lipinski definition) is 4. The maximum absolute atomic E-state index is 11.9. The highest BCUT2D eigenvalue weighted by Gasteiger charge is 2.40. The molecule has 3 N–H and O–H groups in total. The third kappa shape index (κ3) is 4.33. The lowest BCUT2D eigenvalue weighted by Crippen LogP contribution is -2.60. The Morgan fingerprint density at radius 1 is 1.32 bits per heavy atom. The zero-order valence-electron chi connectivity index (χ0n) is 15.8. The van der Waals surface area contributed by atoms with Crippen LogP contribution in [-0.4, -0.2) is 35.7 Å². The van der Waals surface area contributed by atoms with Gasteiger partial charge in [-0.1, -0.05) is 31.2 Å². The Labute approximate surface area is 150 Å². The molecule has 1 amide bonds. The highest BCUT2D eigenvalue weighted by atomic mass is 16.6. The van der Waals surface area contributed by atoms with Crippen molar-refractivity contribution >= 4 is 6.09 Å². The Morgan fingerprint density at radius 3 is 2.40 bits per heavy atom. The van der Waals surface area contributed by atoms with Crippen LogP contribution >= 0.6 is 0 Å². The lowest BCUT2D eigenvalue weighted by atomic mass is 9.95. The second-order valence-electron chi connectivity index (χ2n) is 8.50. The van der Waals surface area contributed by atoms with E-state index in [4.69, 9.17) is 10.5 Å². The molecule has 1 aromatic carbocycles. The van der Waals surface area contributed by atoms with Crippen LogP contribution < -0.4 is 11.1 Å². The predicted molar refractivity (Wildman–Crippen MR) is 99.3 cm³/mol. The minimum atomic E-state index is -0.455. The molecule has 0 radical (unpaired) electrons. The maximum Gasteiger partial charge on any atom is 0.407 e. The van der Waals surface area contributed by atoms with Gasteiger partial charge in [0.2, 0.25) is 0 Å². The molecule has 5 heteroatoms. The van der Waals surface area contributed by atoms with E-state index < -0.39 is 5.60 Å². The first-order valence-electron chi connectivity index (χ1n) is 9.33. The van der Waals surface area contributed by atoms with Crippen molar-refractivity contribution in [3.8, 4) is 0 Å². The molecule has 1 saturated heterocycles. The SMILES string of the molecule is CCC(c1ccc(C2(N)CC2)cc1)N1CC(NC(=O)OC(C)(C)C)C1. The van der Waals surface area contributed by atoms with Gasteiger partial charge in [0.1, 0.15) is 5.60 Å². The average Bonchev–Trinajstić information content (AvgIpc) is 3.23. The number of benzene rings is 1. The minimum Gasteiger partial charge on any atom is -0.444 e.